The van der Waals surface area contributed by atoms with E-state index in [1.165, 1.54) is 4.31 Å². The molecular weight excluding hydrogens is 286 g/mol. The summed E-state index contributed by atoms with van der Waals surface area (Å²) in [6, 6.07) is 0. The molecule has 0 aromatic heterocycles. The molecule has 1 fully saturated rings. The van der Waals surface area contributed by atoms with Crippen LogP contribution in [0.3, 0.4) is 0 Å². The van der Waals surface area contributed by atoms with E-state index in [4.69, 9.17) is 15.2 Å². The van der Waals surface area contributed by atoms with Crippen molar-refractivity contribution in [3.05, 3.63) is 0 Å². The van der Waals surface area contributed by atoms with Gasteiger partial charge < -0.3 is 15.2 Å². The fourth-order valence-electron chi connectivity index (χ4n) is 1.88. The fourth-order valence-corrected chi connectivity index (χ4v) is 2.96. The average molecular weight is 309 g/mol. The molecule has 9 heteroatoms. The van der Waals surface area contributed by atoms with Gasteiger partial charge in [0, 0.05) is 19.6 Å². The van der Waals surface area contributed by atoms with E-state index in [-0.39, 0.29) is 12.2 Å². The van der Waals surface area contributed by atoms with Crippen LogP contribution in [-0.4, -0.2) is 57.3 Å². The van der Waals surface area contributed by atoms with Gasteiger partial charge in [-0.25, -0.2) is 9.52 Å². The molecule has 1 amide bonds. The van der Waals surface area contributed by atoms with Crippen LogP contribution in [0.2, 0.25) is 0 Å². The van der Waals surface area contributed by atoms with Crippen molar-refractivity contribution >= 4 is 16.3 Å². The van der Waals surface area contributed by atoms with Gasteiger partial charge in [-0.2, -0.15) is 12.7 Å². The Morgan fingerprint density at radius 1 is 1.40 bits per heavy atom. The predicted octanol–water partition coefficient (Wildman–Crippen LogP) is -0.194. The first-order valence-electron chi connectivity index (χ1n) is 6.65. The molecule has 1 aliphatic heterocycles. The fraction of sp³-hybridized carbons (Fsp3) is 0.909. The molecule has 3 N–H and O–H groups in total. The summed E-state index contributed by atoms with van der Waals surface area (Å²) in [5.41, 5.74) is 5.34. The van der Waals surface area contributed by atoms with Gasteiger partial charge in [-0.15, -0.1) is 0 Å². The first-order chi connectivity index (χ1) is 9.35. The van der Waals surface area contributed by atoms with Gasteiger partial charge in [0.1, 0.15) is 0 Å². The number of hydrogen-bond acceptors (Lipinski definition) is 6. The van der Waals surface area contributed by atoms with Crippen LogP contribution in [0.4, 0.5) is 4.79 Å². The number of amides is 1. The van der Waals surface area contributed by atoms with Crippen molar-refractivity contribution in [1.29, 1.82) is 0 Å². The molecule has 1 heterocycles. The van der Waals surface area contributed by atoms with E-state index in [9.17, 15) is 13.2 Å². The van der Waals surface area contributed by atoms with Gasteiger partial charge in [-0.3, -0.25) is 0 Å². The van der Waals surface area contributed by atoms with Crippen molar-refractivity contribution in [2.24, 2.45) is 5.73 Å². The lowest BCUT2D eigenvalue weighted by atomic mass is 10.1. The van der Waals surface area contributed by atoms with Crippen molar-refractivity contribution in [2.45, 2.75) is 38.9 Å². The summed E-state index contributed by atoms with van der Waals surface area (Å²) in [6.45, 7) is 4.81. The number of rotatable bonds is 6. The molecule has 118 valence electrons. The minimum absolute atomic E-state index is 0.0209. The summed E-state index contributed by atoms with van der Waals surface area (Å²) in [6.07, 6.45) is -0.144. The van der Waals surface area contributed by atoms with Crippen LogP contribution in [0.15, 0.2) is 0 Å². The topological polar surface area (TPSA) is 111 Å². The van der Waals surface area contributed by atoms with E-state index in [1.807, 2.05) is 4.72 Å². The standard InChI is InChI=1S/C11H23N3O5S/c1-9(2)19-11(15)13-20(16,17)14-6-3-10(4-7-14)18-8-5-12/h9-10H,3-8,12H2,1-2H3,(H,13,15). The van der Waals surface area contributed by atoms with Crippen molar-refractivity contribution in [3.63, 3.8) is 0 Å². The Balaban J connectivity index is 2.44. The number of nitrogens with zero attached hydrogens (tertiary/aromatic N) is 1. The Bertz CT molecular complexity index is 404. The zero-order valence-corrected chi connectivity index (χ0v) is 12.7. The van der Waals surface area contributed by atoms with Crippen LogP contribution in [-0.2, 0) is 19.7 Å². The molecule has 0 atom stereocenters. The number of nitrogens with two attached hydrogens (primary N) is 1. The summed E-state index contributed by atoms with van der Waals surface area (Å²) < 4.78 is 37.2. The Morgan fingerprint density at radius 2 is 2.00 bits per heavy atom. The molecule has 0 bridgehead atoms. The van der Waals surface area contributed by atoms with E-state index in [2.05, 4.69) is 0 Å². The Kier molecular flexibility index (Phi) is 6.66. The molecule has 8 nitrogen and oxygen atoms in total. The van der Waals surface area contributed by atoms with Gasteiger partial charge in [-0.1, -0.05) is 0 Å². The minimum atomic E-state index is -3.84. The van der Waals surface area contributed by atoms with Gasteiger partial charge in [0.2, 0.25) is 0 Å². The van der Waals surface area contributed by atoms with Gasteiger partial charge in [-0.05, 0) is 26.7 Å². The zero-order valence-electron chi connectivity index (χ0n) is 11.9. The lowest BCUT2D eigenvalue weighted by Gasteiger charge is -2.30. The predicted molar refractivity (Wildman–Crippen MR) is 73.3 cm³/mol. The van der Waals surface area contributed by atoms with Crippen LogP contribution in [0.25, 0.3) is 0 Å². The zero-order chi connectivity index (χ0) is 15.2. The van der Waals surface area contributed by atoms with Crippen molar-refractivity contribution in [2.75, 3.05) is 26.2 Å². The highest BCUT2D eigenvalue weighted by Crippen LogP contribution is 2.15. The number of piperidine rings is 1. The molecule has 0 aromatic rings. The van der Waals surface area contributed by atoms with Crippen LogP contribution in [0.5, 0.6) is 0 Å². The largest absolute Gasteiger partial charge is 0.446 e. The van der Waals surface area contributed by atoms with Crippen molar-refractivity contribution in [1.82, 2.24) is 9.03 Å². The summed E-state index contributed by atoms with van der Waals surface area (Å²) >= 11 is 0. The lowest BCUT2D eigenvalue weighted by Crippen LogP contribution is -2.48. The van der Waals surface area contributed by atoms with Gasteiger partial charge >= 0.3 is 16.3 Å². The Labute approximate surface area is 119 Å². The summed E-state index contributed by atoms with van der Waals surface area (Å²) in [5.74, 6) is 0. The van der Waals surface area contributed by atoms with Crippen LogP contribution in [0, 0.1) is 0 Å². The maximum absolute atomic E-state index is 12.0. The van der Waals surface area contributed by atoms with Crippen molar-refractivity contribution in [3.8, 4) is 0 Å². The molecule has 0 radical (unpaired) electrons. The number of ether oxygens (including phenoxy) is 2. The maximum Gasteiger partial charge on any atom is 0.422 e. The Hall–Kier alpha value is -0.900. The highest BCUT2D eigenvalue weighted by atomic mass is 32.2. The second-order valence-corrected chi connectivity index (χ2v) is 6.49. The van der Waals surface area contributed by atoms with Crippen LogP contribution >= 0.6 is 0 Å². The molecule has 0 unspecified atom stereocenters. The molecule has 0 aromatic carbocycles. The first-order valence-corrected chi connectivity index (χ1v) is 8.09. The quantitative estimate of drug-likeness (QED) is 0.703. The van der Waals surface area contributed by atoms with E-state index in [0.717, 1.165) is 0 Å². The molecule has 0 spiro atoms. The summed E-state index contributed by atoms with van der Waals surface area (Å²) in [5, 5.41) is 0. The monoisotopic (exact) mass is 309 g/mol. The van der Waals surface area contributed by atoms with Crippen LogP contribution < -0.4 is 10.5 Å². The van der Waals surface area contributed by atoms with E-state index in [0.29, 0.717) is 39.1 Å². The van der Waals surface area contributed by atoms with Gasteiger partial charge in [0.25, 0.3) is 0 Å². The number of carbonyl (C=O) groups is 1. The molecule has 0 aliphatic carbocycles. The molecule has 0 saturated carbocycles. The SMILES string of the molecule is CC(C)OC(=O)NS(=O)(=O)N1CCC(OCCN)CC1. The third-order valence-electron chi connectivity index (χ3n) is 2.77. The van der Waals surface area contributed by atoms with E-state index >= 15 is 0 Å². The lowest BCUT2D eigenvalue weighted by molar-refractivity contribution is 0.0255. The summed E-state index contributed by atoms with van der Waals surface area (Å²) in [7, 11) is -3.84. The number of carbonyl (C=O) groups excluding carboxylic acids is 1. The molecular formula is C11H23N3O5S. The highest BCUT2D eigenvalue weighted by Gasteiger charge is 2.30. The van der Waals surface area contributed by atoms with Crippen molar-refractivity contribution < 1.29 is 22.7 Å². The van der Waals surface area contributed by atoms with Crippen LogP contribution in [0.1, 0.15) is 26.7 Å². The van der Waals surface area contributed by atoms with E-state index < -0.39 is 16.3 Å². The average Bonchev–Trinajstić information content (AvgIpc) is 2.35. The first kappa shape index (κ1) is 17.2. The third-order valence-corrected chi connectivity index (χ3v) is 4.24. The minimum Gasteiger partial charge on any atom is -0.446 e. The maximum atomic E-state index is 12.0. The highest BCUT2D eigenvalue weighted by molar-refractivity contribution is 7.87. The van der Waals surface area contributed by atoms with Gasteiger partial charge in [0.05, 0.1) is 18.8 Å². The normalized spacial score (nSPS) is 18.2. The molecule has 1 saturated heterocycles. The Morgan fingerprint density at radius 3 is 2.50 bits per heavy atom. The number of hydrogen-bond donors (Lipinski definition) is 2. The molecule has 1 rings (SSSR count). The number of nitrogens with one attached hydrogen (secondary N) is 1. The summed E-state index contributed by atoms with van der Waals surface area (Å²) in [4.78, 5) is 11.3. The van der Waals surface area contributed by atoms with Gasteiger partial charge in [0.15, 0.2) is 0 Å². The second-order valence-electron chi connectivity index (χ2n) is 4.82. The molecule has 20 heavy (non-hydrogen) atoms. The smallest absolute Gasteiger partial charge is 0.422 e. The third kappa shape index (κ3) is 5.61. The van der Waals surface area contributed by atoms with E-state index in [1.54, 1.807) is 13.8 Å². The second kappa shape index (κ2) is 7.77. The molecule has 1 aliphatic rings.